The van der Waals surface area contributed by atoms with E-state index < -0.39 is 26.4 Å². The van der Waals surface area contributed by atoms with Gasteiger partial charge in [0.25, 0.3) is 5.91 Å². The van der Waals surface area contributed by atoms with Crippen molar-refractivity contribution >= 4 is 36.4 Å². The third-order valence-corrected chi connectivity index (χ3v) is 12.2. The van der Waals surface area contributed by atoms with Crippen molar-refractivity contribution in [2.45, 2.75) is 38.3 Å². The van der Waals surface area contributed by atoms with Crippen molar-refractivity contribution in [1.29, 1.82) is 0 Å². The van der Waals surface area contributed by atoms with E-state index in [1.807, 2.05) is 36.4 Å². The number of hydrogen-bond acceptors (Lipinski definition) is 5. The normalized spacial score (nSPS) is 15.6. The van der Waals surface area contributed by atoms with Gasteiger partial charge in [0.2, 0.25) is 0 Å². The molecule has 9 heteroatoms. The fourth-order valence-corrected chi connectivity index (χ4v) is 9.86. The van der Waals surface area contributed by atoms with Crippen LogP contribution in [0.25, 0.3) is 0 Å². The number of likely N-dealkylation sites (tertiary alicyclic amines) is 1. The molecule has 4 rings (SSSR count). The molecular weight excluding hydrogens is 524 g/mol. The molecule has 0 radical (unpaired) electrons. The lowest BCUT2D eigenvalue weighted by Crippen LogP contribution is -2.68. The summed E-state index contributed by atoms with van der Waals surface area (Å²) in [5.41, 5.74) is 0.987. The van der Waals surface area contributed by atoms with Gasteiger partial charge in [-0.2, -0.15) is 0 Å². The molecule has 1 atom stereocenters. The van der Waals surface area contributed by atoms with Gasteiger partial charge < -0.3 is 24.3 Å². The van der Waals surface area contributed by atoms with Crippen molar-refractivity contribution in [3.05, 3.63) is 90.5 Å². The minimum Gasteiger partial charge on any atom is -0.531 e. The van der Waals surface area contributed by atoms with Gasteiger partial charge in [0.15, 0.2) is 5.75 Å². The number of amides is 2. The molecule has 3 N–H and O–H groups in total. The van der Waals surface area contributed by atoms with Crippen LogP contribution in [-0.2, 0) is 0 Å². The number of hydrogen-bond donors (Lipinski definition) is 3. The molecule has 1 aliphatic rings. The minimum absolute atomic E-state index is 0.0698. The first-order chi connectivity index (χ1) is 19.0. The quantitative estimate of drug-likeness (QED) is 0.277. The summed E-state index contributed by atoms with van der Waals surface area (Å²) < 4.78 is 12.9. The second-order valence-electron chi connectivity index (χ2n) is 11.0. The average Bonchev–Trinajstić information content (AvgIpc) is 3.32. The lowest BCUT2D eigenvalue weighted by atomic mass is 10.1. The summed E-state index contributed by atoms with van der Waals surface area (Å²) >= 11 is 0. The molecule has 0 unspecified atom stereocenters. The van der Waals surface area contributed by atoms with E-state index in [-0.39, 0.29) is 29.4 Å². The van der Waals surface area contributed by atoms with Gasteiger partial charge in [-0.3, -0.25) is 10.1 Å². The summed E-state index contributed by atoms with van der Waals surface area (Å²) in [6, 6.07) is 22.7. The van der Waals surface area contributed by atoms with E-state index in [1.165, 1.54) is 24.1 Å². The molecule has 0 saturated carbocycles. The highest BCUT2D eigenvalue weighted by Crippen LogP contribution is 2.42. The number of methoxy groups -OCH3 is 1. The van der Waals surface area contributed by atoms with Crippen LogP contribution < -0.4 is 24.9 Å². The number of carbonyl (C=O) groups excluding carboxylic acids is 1. The molecule has 1 aliphatic heterocycles. The Morgan fingerprint density at radius 2 is 1.60 bits per heavy atom. The molecule has 0 aromatic heterocycles. The molecule has 1 heterocycles. The monoisotopic (exact) mass is 560 g/mol. The molecule has 1 fully saturated rings. The smallest absolute Gasteiger partial charge is 0.409 e. The van der Waals surface area contributed by atoms with Gasteiger partial charge in [-0.15, -0.1) is 0 Å². The number of carbonyl (C=O) groups is 2. The zero-order chi connectivity index (χ0) is 29.1. The number of nitrogens with one attached hydrogen (secondary N) is 1. The van der Waals surface area contributed by atoms with Gasteiger partial charge in [-0.25, -0.2) is 4.79 Å². The maximum absolute atomic E-state index is 13.7. The van der Waals surface area contributed by atoms with Crippen LogP contribution in [0, 0.1) is 0 Å². The van der Waals surface area contributed by atoms with Crippen LogP contribution in [0.15, 0.2) is 84.9 Å². The van der Waals surface area contributed by atoms with Gasteiger partial charge in [0.1, 0.15) is 5.75 Å². The van der Waals surface area contributed by atoms with E-state index in [4.69, 9.17) is 9.16 Å². The van der Waals surface area contributed by atoms with E-state index in [9.17, 15) is 19.8 Å². The summed E-state index contributed by atoms with van der Waals surface area (Å²) in [6.07, 6.45) is -0.837. The highest BCUT2D eigenvalue weighted by molar-refractivity contribution is 7.00. The van der Waals surface area contributed by atoms with Crippen molar-refractivity contribution in [3.63, 3.8) is 0 Å². The fourth-order valence-electron chi connectivity index (χ4n) is 5.44. The van der Waals surface area contributed by atoms with Crippen molar-refractivity contribution in [1.82, 2.24) is 4.90 Å². The number of nitrogens with zero attached hydrogens (tertiary/aromatic N) is 1. The molecule has 1 saturated heterocycles. The SMILES string of the molecule is C=C1C[C@@H](CO)N(C(=O)c2cc(OC)c(O[Si](c3ccccc3)(c3ccccc3)C(C)(C)C)cc2NC(=O)O)C1. The molecule has 8 nitrogen and oxygen atoms in total. The zero-order valence-corrected chi connectivity index (χ0v) is 24.3. The Morgan fingerprint density at radius 1 is 1.02 bits per heavy atom. The van der Waals surface area contributed by atoms with Crippen LogP contribution in [-0.4, -0.2) is 61.7 Å². The van der Waals surface area contributed by atoms with Crippen LogP contribution in [0.1, 0.15) is 37.6 Å². The molecule has 0 bridgehead atoms. The summed E-state index contributed by atoms with van der Waals surface area (Å²) in [7, 11) is -1.61. The topological polar surface area (TPSA) is 108 Å². The van der Waals surface area contributed by atoms with Gasteiger partial charge in [-0.1, -0.05) is 93.6 Å². The fraction of sp³-hybridized carbons (Fsp3) is 0.290. The lowest BCUT2D eigenvalue weighted by molar-refractivity contribution is 0.0680. The summed E-state index contributed by atoms with van der Waals surface area (Å²) in [5.74, 6) is 0.184. The van der Waals surface area contributed by atoms with Gasteiger partial charge >= 0.3 is 14.4 Å². The standard InChI is InChI=1S/C31H36N2O6Si/c1-21-16-22(20-34)33(19-21)29(35)25-17-27(38-5)28(18-26(25)32-30(36)37)39-40(31(2,3)4,23-12-8-6-9-13-23)24-14-10-7-11-15-24/h6-15,17-18,22,32,34H,1,16,19-20H2,2-5H3,(H,36,37)/t22-/m0/s1. The third kappa shape index (κ3) is 5.48. The Labute approximate surface area is 236 Å². The lowest BCUT2D eigenvalue weighted by Gasteiger charge is -2.43. The molecule has 210 valence electrons. The van der Waals surface area contributed by atoms with Crippen LogP contribution in [0.2, 0.25) is 5.04 Å². The maximum Gasteiger partial charge on any atom is 0.409 e. The molecule has 0 spiro atoms. The number of ether oxygens (including phenoxy) is 1. The van der Waals surface area contributed by atoms with Crippen LogP contribution >= 0.6 is 0 Å². The Kier molecular flexibility index (Phi) is 8.36. The Hall–Kier alpha value is -4.08. The molecule has 2 amide bonds. The highest BCUT2D eigenvalue weighted by atomic mass is 28.4. The van der Waals surface area contributed by atoms with E-state index in [1.54, 1.807) is 0 Å². The van der Waals surface area contributed by atoms with Crippen LogP contribution in [0.5, 0.6) is 11.5 Å². The van der Waals surface area contributed by atoms with E-state index in [2.05, 4.69) is 56.9 Å². The highest BCUT2D eigenvalue weighted by Gasteiger charge is 2.52. The molecule has 0 aliphatic carbocycles. The summed E-state index contributed by atoms with van der Waals surface area (Å²) in [6.45, 7) is 10.4. The van der Waals surface area contributed by atoms with Gasteiger partial charge in [-0.05, 0) is 27.9 Å². The average molecular weight is 561 g/mol. The first-order valence-corrected chi connectivity index (χ1v) is 15.0. The Bertz CT molecular complexity index is 1350. The van der Waals surface area contributed by atoms with Crippen LogP contribution in [0.3, 0.4) is 0 Å². The number of aliphatic hydroxyl groups is 1. The molecule has 40 heavy (non-hydrogen) atoms. The van der Waals surface area contributed by atoms with Crippen LogP contribution in [0.4, 0.5) is 10.5 Å². The number of benzene rings is 3. The second kappa shape index (κ2) is 11.6. The summed E-state index contributed by atoms with van der Waals surface area (Å²) in [4.78, 5) is 27.0. The second-order valence-corrected chi connectivity index (χ2v) is 15.2. The van der Waals surface area contributed by atoms with Crippen molar-refractivity contribution in [3.8, 4) is 11.5 Å². The number of aliphatic hydroxyl groups excluding tert-OH is 1. The zero-order valence-electron chi connectivity index (χ0n) is 23.3. The van der Waals surface area contributed by atoms with E-state index in [0.29, 0.717) is 17.9 Å². The third-order valence-electron chi connectivity index (χ3n) is 7.29. The number of rotatable bonds is 8. The van der Waals surface area contributed by atoms with Gasteiger partial charge in [0, 0.05) is 12.6 Å². The number of carboxylic acid groups (broad SMARTS) is 1. The Morgan fingerprint density at radius 3 is 2.08 bits per heavy atom. The predicted octanol–water partition coefficient (Wildman–Crippen LogP) is 4.49. The first-order valence-electron chi connectivity index (χ1n) is 13.1. The first kappa shape index (κ1) is 28.9. The van der Waals surface area contributed by atoms with Crippen molar-refractivity contribution < 1.29 is 29.0 Å². The summed E-state index contributed by atoms with van der Waals surface area (Å²) in [5, 5.41) is 23.6. The molecular formula is C31H36N2O6Si. The van der Waals surface area contributed by atoms with Crippen molar-refractivity contribution in [2.75, 3.05) is 25.6 Å². The minimum atomic E-state index is -3.09. The Balaban J connectivity index is 1.92. The van der Waals surface area contributed by atoms with E-state index in [0.717, 1.165) is 15.9 Å². The van der Waals surface area contributed by atoms with E-state index >= 15 is 0 Å². The van der Waals surface area contributed by atoms with Gasteiger partial charge in [0.05, 0.1) is 31.0 Å². The maximum atomic E-state index is 13.7. The largest absolute Gasteiger partial charge is 0.531 e. The molecule has 3 aromatic rings. The van der Waals surface area contributed by atoms with Crippen molar-refractivity contribution in [2.24, 2.45) is 0 Å². The number of anilines is 1. The molecule has 3 aromatic carbocycles. The predicted molar refractivity (Wildman–Crippen MR) is 159 cm³/mol.